The van der Waals surface area contributed by atoms with E-state index in [0.717, 1.165) is 6.33 Å². The van der Waals surface area contributed by atoms with Crippen LogP contribution in [-0.4, -0.2) is 57.7 Å². The number of hydrogen-bond donors (Lipinski definition) is 0. The summed E-state index contributed by atoms with van der Waals surface area (Å²) in [4.78, 5) is 4.42. The summed E-state index contributed by atoms with van der Waals surface area (Å²) in [6.07, 6.45) is 6.32. The van der Waals surface area contributed by atoms with Crippen LogP contribution < -0.4 is 0 Å². The molecular weight excluding hydrogens is 584 g/mol. The van der Waals surface area contributed by atoms with E-state index >= 15 is 4.39 Å². The number of nitrogens with zero attached hydrogens (tertiary/aromatic N) is 9. The molecule has 0 aliphatic heterocycles. The lowest BCUT2D eigenvalue weighted by atomic mass is 10.0. The van der Waals surface area contributed by atoms with Crippen molar-refractivity contribution >= 4 is 23.2 Å². The fourth-order valence-electron chi connectivity index (χ4n) is 4.02. The molecule has 0 spiro atoms. The number of pyridine rings is 1. The minimum atomic E-state index is -3.00. The molecule has 0 N–H and O–H groups in total. The van der Waals surface area contributed by atoms with Gasteiger partial charge in [-0.05, 0) is 24.6 Å². The quantitative estimate of drug-likeness (QED) is 0.186. The first-order chi connectivity index (χ1) is 19.2. The second kappa shape index (κ2) is 11.7. The van der Waals surface area contributed by atoms with Crippen LogP contribution in [0.5, 0.6) is 0 Å². The Hall–Kier alpha value is -3.95. The van der Waals surface area contributed by atoms with Crippen molar-refractivity contribution < 1.29 is 26.7 Å². The van der Waals surface area contributed by atoms with Crippen molar-refractivity contribution in [2.24, 2.45) is 0 Å². The van der Waals surface area contributed by atoms with Gasteiger partial charge in [-0.25, -0.2) is 9.07 Å². The molecule has 0 aliphatic carbocycles. The molecule has 0 aliphatic rings. The normalized spacial score (nSPS) is 12.5. The molecule has 1 unspecified atom stereocenters. The lowest BCUT2D eigenvalue weighted by Crippen LogP contribution is -2.16. The van der Waals surface area contributed by atoms with Gasteiger partial charge in [0.25, 0.3) is 0 Å². The van der Waals surface area contributed by atoms with Gasteiger partial charge in [-0.15, -0.1) is 15.3 Å². The first kappa shape index (κ1) is 27.6. The van der Waals surface area contributed by atoms with E-state index < -0.39 is 25.0 Å². The van der Waals surface area contributed by atoms with E-state index in [9.17, 15) is 17.6 Å². The Kier molecular flexibility index (Phi) is 8.04. The van der Waals surface area contributed by atoms with Crippen LogP contribution in [0.4, 0.5) is 22.0 Å². The van der Waals surface area contributed by atoms with Crippen molar-refractivity contribution in [3.63, 3.8) is 0 Å². The SMILES string of the molecule is Fc1c(Cl)ccc(-n2cc(Cl)nn2)c1-c1ccc(C(CCOC(F)F)n2cc(-c3nncn3C(F)F)cn2)nc1. The van der Waals surface area contributed by atoms with Gasteiger partial charge >= 0.3 is 13.2 Å². The Bertz CT molecular complexity index is 1610. The topological polar surface area (TPSA) is 101 Å². The van der Waals surface area contributed by atoms with Gasteiger partial charge in [-0.2, -0.15) is 22.7 Å². The van der Waals surface area contributed by atoms with E-state index in [4.69, 9.17) is 23.2 Å². The van der Waals surface area contributed by atoms with Gasteiger partial charge in [-0.1, -0.05) is 34.5 Å². The molecule has 1 atom stereocenters. The van der Waals surface area contributed by atoms with E-state index in [1.165, 1.54) is 46.3 Å². The number of benzene rings is 1. The maximum absolute atomic E-state index is 15.2. The van der Waals surface area contributed by atoms with Crippen molar-refractivity contribution in [1.82, 2.24) is 44.5 Å². The van der Waals surface area contributed by atoms with Crippen LogP contribution in [0.3, 0.4) is 0 Å². The molecule has 10 nitrogen and oxygen atoms in total. The molecule has 5 rings (SSSR count). The third-order valence-electron chi connectivity index (χ3n) is 5.80. The van der Waals surface area contributed by atoms with E-state index in [0.29, 0.717) is 15.8 Å². The minimum absolute atomic E-state index is 0.00637. The smallest absolute Gasteiger partial charge is 0.323 e. The van der Waals surface area contributed by atoms with Crippen molar-refractivity contribution in [1.29, 1.82) is 0 Å². The summed E-state index contributed by atoms with van der Waals surface area (Å²) in [5.74, 6) is -0.869. The summed E-state index contributed by atoms with van der Waals surface area (Å²) in [5.41, 5.74) is 1.24. The second-order valence-corrected chi connectivity index (χ2v) is 8.99. The molecule has 0 fully saturated rings. The Morgan fingerprint density at radius 3 is 2.45 bits per heavy atom. The molecule has 0 amide bonds. The van der Waals surface area contributed by atoms with E-state index in [-0.39, 0.29) is 45.8 Å². The molecule has 17 heteroatoms. The first-order valence-corrected chi connectivity index (χ1v) is 12.1. The summed E-state index contributed by atoms with van der Waals surface area (Å²) < 4.78 is 74.8. The van der Waals surface area contributed by atoms with Crippen LogP contribution in [0, 0.1) is 5.82 Å². The predicted molar refractivity (Wildman–Crippen MR) is 132 cm³/mol. The fourth-order valence-corrected chi connectivity index (χ4v) is 4.30. The van der Waals surface area contributed by atoms with Crippen molar-refractivity contribution in [2.45, 2.75) is 25.6 Å². The molecule has 1 aromatic carbocycles. The van der Waals surface area contributed by atoms with Crippen LogP contribution in [0.2, 0.25) is 10.2 Å². The molecule has 4 aromatic heterocycles. The molecule has 0 saturated carbocycles. The maximum Gasteiger partial charge on any atom is 0.345 e. The summed E-state index contributed by atoms with van der Waals surface area (Å²) in [6.45, 7) is -6.25. The zero-order valence-corrected chi connectivity index (χ0v) is 21.4. The van der Waals surface area contributed by atoms with Gasteiger partial charge < -0.3 is 4.74 Å². The van der Waals surface area contributed by atoms with Crippen molar-refractivity contribution in [3.8, 4) is 28.2 Å². The van der Waals surface area contributed by atoms with E-state index in [1.807, 2.05) is 0 Å². The molecule has 40 heavy (non-hydrogen) atoms. The molecule has 0 bridgehead atoms. The summed E-state index contributed by atoms with van der Waals surface area (Å²) in [7, 11) is 0. The average molecular weight is 600 g/mol. The highest BCUT2D eigenvalue weighted by atomic mass is 35.5. The van der Waals surface area contributed by atoms with Gasteiger partial charge in [-0.3, -0.25) is 14.2 Å². The largest absolute Gasteiger partial charge is 0.345 e. The van der Waals surface area contributed by atoms with Gasteiger partial charge in [0.15, 0.2) is 16.8 Å². The lowest BCUT2D eigenvalue weighted by Gasteiger charge is -2.18. The summed E-state index contributed by atoms with van der Waals surface area (Å²) in [6, 6.07) is 5.23. The molecule has 0 saturated heterocycles. The van der Waals surface area contributed by atoms with Crippen molar-refractivity contribution in [2.75, 3.05) is 6.61 Å². The second-order valence-electron chi connectivity index (χ2n) is 8.20. The van der Waals surface area contributed by atoms with Crippen LogP contribution in [-0.2, 0) is 4.74 Å². The van der Waals surface area contributed by atoms with Crippen LogP contribution in [0.1, 0.15) is 24.7 Å². The monoisotopic (exact) mass is 599 g/mol. The van der Waals surface area contributed by atoms with Crippen LogP contribution in [0.15, 0.2) is 55.4 Å². The molecule has 0 radical (unpaired) electrons. The number of aromatic nitrogens is 9. The zero-order chi connectivity index (χ0) is 28.4. The van der Waals surface area contributed by atoms with Crippen LogP contribution >= 0.6 is 23.2 Å². The summed E-state index contributed by atoms with van der Waals surface area (Å²) in [5, 5.41) is 19.0. The highest BCUT2D eigenvalue weighted by Crippen LogP contribution is 2.34. The average Bonchev–Trinajstić information content (AvgIpc) is 3.69. The lowest BCUT2D eigenvalue weighted by molar-refractivity contribution is -0.130. The number of rotatable bonds is 10. The van der Waals surface area contributed by atoms with E-state index in [1.54, 1.807) is 12.1 Å². The molecular formula is C23H16Cl2F5N9O. The maximum atomic E-state index is 15.2. The van der Waals surface area contributed by atoms with Gasteiger partial charge in [0.05, 0.1) is 47.0 Å². The molecule has 208 valence electrons. The predicted octanol–water partition coefficient (Wildman–Crippen LogP) is 5.84. The van der Waals surface area contributed by atoms with E-state index in [2.05, 4.69) is 35.3 Å². The fraction of sp³-hybridized carbons (Fsp3) is 0.217. The number of halogens is 7. The van der Waals surface area contributed by atoms with Crippen molar-refractivity contribution in [3.05, 3.63) is 77.1 Å². The minimum Gasteiger partial charge on any atom is -0.323 e. The first-order valence-electron chi connectivity index (χ1n) is 11.4. The Balaban J connectivity index is 1.50. The highest BCUT2D eigenvalue weighted by Gasteiger charge is 2.23. The zero-order valence-electron chi connectivity index (χ0n) is 19.9. The molecule has 5 aromatic rings. The number of ether oxygens (including phenoxy) is 1. The van der Waals surface area contributed by atoms with Crippen LogP contribution in [0.25, 0.3) is 28.2 Å². The number of hydrogen-bond acceptors (Lipinski definition) is 7. The van der Waals surface area contributed by atoms with Gasteiger partial charge in [0, 0.05) is 23.5 Å². The Morgan fingerprint density at radius 2 is 1.77 bits per heavy atom. The Morgan fingerprint density at radius 1 is 0.950 bits per heavy atom. The standard InChI is InChI=1S/C23H16Cl2F5N9O/c24-14-2-4-17(39-10-18(25)34-36-39)19(20(14)26)12-1-3-15(31-7-12)16(5-6-40-23(29)30)38-9-13(8-33-38)21-35-32-11-37(21)22(27)28/h1-4,7-11,16,22-23H,5-6H2. The number of alkyl halides is 4. The highest BCUT2D eigenvalue weighted by molar-refractivity contribution is 6.31. The third-order valence-corrected chi connectivity index (χ3v) is 6.26. The van der Waals surface area contributed by atoms with Gasteiger partial charge in [0.1, 0.15) is 6.33 Å². The molecule has 4 heterocycles. The summed E-state index contributed by atoms with van der Waals surface area (Å²) >= 11 is 11.9. The Labute approximate surface area is 231 Å². The third kappa shape index (κ3) is 5.66. The van der Waals surface area contributed by atoms with Gasteiger partial charge in [0.2, 0.25) is 0 Å².